The second-order valence-electron chi connectivity index (χ2n) is 3.76. The first-order chi connectivity index (χ1) is 7.27. The molecule has 1 heterocycles. The number of phenols is 1. The summed E-state index contributed by atoms with van der Waals surface area (Å²) in [5.74, 6) is 0.292. The van der Waals surface area contributed by atoms with Crippen LogP contribution in [0.1, 0.15) is 5.56 Å². The average molecular weight is 220 g/mol. The van der Waals surface area contributed by atoms with Crippen LogP contribution in [0.4, 0.5) is 5.69 Å². The van der Waals surface area contributed by atoms with Crippen molar-refractivity contribution in [1.29, 1.82) is 0 Å². The van der Waals surface area contributed by atoms with Crippen molar-refractivity contribution >= 4 is 28.1 Å². The van der Waals surface area contributed by atoms with Gasteiger partial charge in [-0.05, 0) is 18.1 Å². The predicted octanol–water partition coefficient (Wildman–Crippen LogP) is 3.17. The zero-order chi connectivity index (χ0) is 10.4. The lowest BCUT2D eigenvalue weighted by Crippen LogP contribution is -1.90. The fourth-order valence-corrected chi connectivity index (χ4v) is 2.51. The highest BCUT2D eigenvalue weighted by Gasteiger charge is 2.17. The van der Waals surface area contributed by atoms with E-state index >= 15 is 0 Å². The van der Waals surface area contributed by atoms with E-state index in [2.05, 4.69) is 5.32 Å². The van der Waals surface area contributed by atoms with Crippen LogP contribution in [0.3, 0.4) is 0 Å². The molecule has 2 nitrogen and oxygen atoms in total. The molecular formula is C12H10ClNO. The molecule has 3 heteroatoms. The van der Waals surface area contributed by atoms with Crippen LogP contribution in [0.15, 0.2) is 24.3 Å². The van der Waals surface area contributed by atoms with Crippen LogP contribution in [0.25, 0.3) is 10.8 Å². The summed E-state index contributed by atoms with van der Waals surface area (Å²) in [5, 5.41) is 15.6. The van der Waals surface area contributed by atoms with Gasteiger partial charge in [0.25, 0.3) is 0 Å². The van der Waals surface area contributed by atoms with Gasteiger partial charge in [-0.25, -0.2) is 0 Å². The maximum Gasteiger partial charge on any atom is 0.125 e. The van der Waals surface area contributed by atoms with Gasteiger partial charge in [-0.3, -0.25) is 0 Å². The lowest BCUT2D eigenvalue weighted by molar-refractivity contribution is 0.482. The zero-order valence-electron chi connectivity index (χ0n) is 8.05. The van der Waals surface area contributed by atoms with Crippen molar-refractivity contribution in [2.75, 3.05) is 11.9 Å². The first kappa shape index (κ1) is 8.86. The van der Waals surface area contributed by atoms with E-state index in [-0.39, 0.29) is 0 Å². The van der Waals surface area contributed by atoms with Gasteiger partial charge in [0, 0.05) is 34.1 Å². The Kier molecular flexibility index (Phi) is 1.80. The van der Waals surface area contributed by atoms with Crippen LogP contribution in [0.5, 0.6) is 5.75 Å². The molecule has 0 fully saturated rings. The Morgan fingerprint density at radius 2 is 2.20 bits per heavy atom. The van der Waals surface area contributed by atoms with Gasteiger partial charge in [0.15, 0.2) is 0 Å². The summed E-state index contributed by atoms with van der Waals surface area (Å²) in [6.07, 6.45) is 0.968. The summed E-state index contributed by atoms with van der Waals surface area (Å²) in [6, 6.07) is 7.40. The van der Waals surface area contributed by atoms with E-state index in [0.29, 0.717) is 10.8 Å². The molecule has 76 valence electrons. The Bertz CT molecular complexity index is 551. The first-order valence-electron chi connectivity index (χ1n) is 4.94. The van der Waals surface area contributed by atoms with E-state index in [9.17, 15) is 5.11 Å². The third kappa shape index (κ3) is 1.18. The second-order valence-corrected chi connectivity index (χ2v) is 4.17. The number of halogens is 1. The molecule has 2 N–H and O–H groups in total. The summed E-state index contributed by atoms with van der Waals surface area (Å²) in [6.45, 7) is 0.916. The van der Waals surface area contributed by atoms with Crippen LogP contribution in [-0.2, 0) is 6.42 Å². The molecule has 0 bridgehead atoms. The van der Waals surface area contributed by atoms with Gasteiger partial charge >= 0.3 is 0 Å². The van der Waals surface area contributed by atoms with Crippen molar-refractivity contribution in [3.63, 3.8) is 0 Å². The molecule has 0 saturated carbocycles. The number of phenolic OH excluding ortho intramolecular Hbond substituents is 1. The zero-order valence-corrected chi connectivity index (χ0v) is 8.80. The third-order valence-electron chi connectivity index (χ3n) is 2.89. The van der Waals surface area contributed by atoms with Crippen LogP contribution < -0.4 is 5.32 Å². The maximum atomic E-state index is 9.86. The fraction of sp³-hybridized carbons (Fsp3) is 0.167. The minimum Gasteiger partial charge on any atom is -0.507 e. The SMILES string of the molecule is Oc1cc2c(c3c(Cl)cccc13)CCN2. The molecule has 0 unspecified atom stereocenters. The number of fused-ring (bicyclic) bond motifs is 3. The van der Waals surface area contributed by atoms with Gasteiger partial charge < -0.3 is 10.4 Å². The van der Waals surface area contributed by atoms with Crippen molar-refractivity contribution in [1.82, 2.24) is 0 Å². The summed E-state index contributed by atoms with van der Waals surface area (Å²) in [4.78, 5) is 0. The number of benzene rings is 2. The molecule has 1 aliphatic heterocycles. The molecule has 0 radical (unpaired) electrons. The van der Waals surface area contributed by atoms with Gasteiger partial charge in [0.1, 0.15) is 5.75 Å². The van der Waals surface area contributed by atoms with Crippen LogP contribution in [0, 0.1) is 0 Å². The van der Waals surface area contributed by atoms with Crippen molar-refractivity contribution in [3.05, 3.63) is 34.9 Å². The van der Waals surface area contributed by atoms with Crippen molar-refractivity contribution in [2.24, 2.45) is 0 Å². The van der Waals surface area contributed by atoms with Crippen LogP contribution in [-0.4, -0.2) is 11.7 Å². The fourth-order valence-electron chi connectivity index (χ4n) is 2.22. The highest BCUT2D eigenvalue weighted by Crippen LogP contribution is 2.39. The molecule has 0 saturated heterocycles. The first-order valence-corrected chi connectivity index (χ1v) is 5.32. The number of hydrogen-bond donors (Lipinski definition) is 2. The molecule has 0 atom stereocenters. The van der Waals surface area contributed by atoms with Crippen molar-refractivity contribution in [2.45, 2.75) is 6.42 Å². The highest BCUT2D eigenvalue weighted by molar-refractivity contribution is 6.36. The van der Waals surface area contributed by atoms with Crippen molar-refractivity contribution in [3.8, 4) is 5.75 Å². The topological polar surface area (TPSA) is 32.3 Å². The smallest absolute Gasteiger partial charge is 0.125 e. The summed E-state index contributed by atoms with van der Waals surface area (Å²) in [7, 11) is 0. The number of rotatable bonds is 0. The maximum absolute atomic E-state index is 9.86. The van der Waals surface area contributed by atoms with Crippen LogP contribution >= 0.6 is 11.6 Å². The van der Waals surface area contributed by atoms with Gasteiger partial charge in [-0.1, -0.05) is 23.7 Å². The normalized spacial score (nSPS) is 13.9. The highest BCUT2D eigenvalue weighted by atomic mass is 35.5. The van der Waals surface area contributed by atoms with E-state index in [1.165, 1.54) is 5.56 Å². The molecule has 3 rings (SSSR count). The summed E-state index contributed by atoms with van der Waals surface area (Å²) in [5.41, 5.74) is 2.22. The Labute approximate surface area is 92.5 Å². The number of aromatic hydroxyl groups is 1. The Morgan fingerprint density at radius 1 is 1.33 bits per heavy atom. The second kappa shape index (κ2) is 3.04. The average Bonchev–Trinajstić information content (AvgIpc) is 2.66. The molecule has 0 aliphatic carbocycles. The van der Waals surface area contributed by atoms with Crippen LogP contribution in [0.2, 0.25) is 5.02 Å². The quantitative estimate of drug-likeness (QED) is 0.714. The molecule has 0 spiro atoms. The molecule has 15 heavy (non-hydrogen) atoms. The molecule has 0 amide bonds. The molecule has 0 aromatic heterocycles. The molecule has 2 aromatic rings. The van der Waals surface area contributed by atoms with E-state index in [0.717, 1.165) is 29.4 Å². The lowest BCUT2D eigenvalue weighted by atomic mass is 10.0. The van der Waals surface area contributed by atoms with E-state index in [4.69, 9.17) is 11.6 Å². The third-order valence-corrected chi connectivity index (χ3v) is 3.20. The summed E-state index contributed by atoms with van der Waals surface area (Å²) < 4.78 is 0. The standard InChI is InChI=1S/C12H10ClNO/c13-9-3-1-2-8-11(15)6-10-7(12(8)9)4-5-14-10/h1-3,6,14-15H,4-5H2. The van der Waals surface area contributed by atoms with Gasteiger partial charge in [0.2, 0.25) is 0 Å². The van der Waals surface area contributed by atoms with E-state index in [1.807, 2.05) is 18.2 Å². The molecule has 1 aliphatic rings. The number of hydrogen-bond acceptors (Lipinski definition) is 2. The van der Waals surface area contributed by atoms with Gasteiger partial charge in [-0.2, -0.15) is 0 Å². The number of anilines is 1. The lowest BCUT2D eigenvalue weighted by Gasteiger charge is -2.08. The summed E-state index contributed by atoms with van der Waals surface area (Å²) >= 11 is 6.17. The largest absolute Gasteiger partial charge is 0.507 e. The van der Waals surface area contributed by atoms with E-state index < -0.39 is 0 Å². The van der Waals surface area contributed by atoms with Gasteiger partial charge in [0.05, 0.1) is 0 Å². The predicted molar refractivity (Wildman–Crippen MR) is 62.8 cm³/mol. The minimum atomic E-state index is 0.292. The van der Waals surface area contributed by atoms with Gasteiger partial charge in [-0.15, -0.1) is 0 Å². The monoisotopic (exact) mass is 219 g/mol. The van der Waals surface area contributed by atoms with Crippen molar-refractivity contribution < 1.29 is 5.11 Å². The molecular weight excluding hydrogens is 210 g/mol. The number of nitrogens with one attached hydrogen (secondary N) is 1. The molecule has 2 aromatic carbocycles. The Morgan fingerprint density at radius 3 is 3.07 bits per heavy atom. The minimum absolute atomic E-state index is 0.292. The van der Waals surface area contributed by atoms with E-state index in [1.54, 1.807) is 6.07 Å². The Hall–Kier alpha value is -1.41. The Balaban J connectivity index is 2.51.